The maximum atomic E-state index is 14.1. The molecule has 0 aromatic heterocycles. The zero-order valence-electron chi connectivity index (χ0n) is 16.3. The van der Waals surface area contributed by atoms with Gasteiger partial charge in [0.2, 0.25) is 0 Å². The van der Waals surface area contributed by atoms with E-state index in [-0.39, 0.29) is 18.5 Å². The van der Waals surface area contributed by atoms with Crippen LogP contribution in [0, 0.1) is 24.1 Å². The van der Waals surface area contributed by atoms with Crippen molar-refractivity contribution in [3.8, 4) is 6.07 Å². The van der Waals surface area contributed by atoms with Gasteiger partial charge < -0.3 is 15.0 Å². The largest absolute Gasteiger partial charge is 0.370 e. The highest BCUT2D eigenvalue weighted by Crippen LogP contribution is 2.25. The van der Waals surface area contributed by atoms with Gasteiger partial charge in [0.1, 0.15) is 11.9 Å². The summed E-state index contributed by atoms with van der Waals surface area (Å²) in [6, 6.07) is 14.6. The van der Waals surface area contributed by atoms with Crippen LogP contribution in [0.3, 0.4) is 0 Å². The molecular weight excluding hydrogens is 355 g/mol. The van der Waals surface area contributed by atoms with Crippen LogP contribution < -0.4 is 5.32 Å². The lowest BCUT2D eigenvalue weighted by Gasteiger charge is -2.35. The second-order valence-corrected chi connectivity index (χ2v) is 6.75. The van der Waals surface area contributed by atoms with Crippen molar-refractivity contribution in [3.63, 3.8) is 0 Å². The van der Waals surface area contributed by atoms with Crippen LogP contribution >= 0.6 is 0 Å². The lowest BCUT2D eigenvalue weighted by Crippen LogP contribution is -2.48. The second-order valence-electron chi connectivity index (χ2n) is 6.75. The third-order valence-electron chi connectivity index (χ3n) is 4.81. The van der Waals surface area contributed by atoms with Crippen molar-refractivity contribution < 1.29 is 9.13 Å². The summed E-state index contributed by atoms with van der Waals surface area (Å²) >= 11 is 0. The summed E-state index contributed by atoms with van der Waals surface area (Å²) < 4.78 is 20.1. The molecule has 1 aliphatic rings. The van der Waals surface area contributed by atoms with Crippen molar-refractivity contribution in [2.45, 2.75) is 26.5 Å². The normalized spacial score (nSPS) is 17.3. The molecule has 1 saturated heterocycles. The zero-order chi connectivity index (χ0) is 19.9. The first-order chi connectivity index (χ1) is 13.6. The summed E-state index contributed by atoms with van der Waals surface area (Å²) in [7, 11) is 0. The van der Waals surface area contributed by atoms with Gasteiger partial charge in [-0.15, -0.1) is 0 Å². The van der Waals surface area contributed by atoms with E-state index < -0.39 is 0 Å². The first kappa shape index (κ1) is 19.8. The second kappa shape index (κ2) is 9.34. The Morgan fingerprint density at radius 2 is 2.18 bits per heavy atom. The summed E-state index contributed by atoms with van der Waals surface area (Å²) in [6.07, 6.45) is -0.0301. The third kappa shape index (κ3) is 4.68. The highest BCUT2D eigenvalue weighted by Gasteiger charge is 2.25. The van der Waals surface area contributed by atoms with Crippen molar-refractivity contribution in [3.05, 3.63) is 70.5 Å². The number of aryl methyl sites for hydroxylation is 1. The highest BCUT2D eigenvalue weighted by molar-refractivity contribution is 5.80. The molecular formula is C22H25FN4O. The van der Waals surface area contributed by atoms with Gasteiger partial charge in [0, 0.05) is 18.7 Å². The third-order valence-corrected chi connectivity index (χ3v) is 4.81. The number of nitrogens with one attached hydrogen (secondary N) is 1. The average Bonchev–Trinajstić information content (AvgIpc) is 2.72. The van der Waals surface area contributed by atoms with E-state index in [0.29, 0.717) is 30.8 Å². The van der Waals surface area contributed by atoms with E-state index in [2.05, 4.69) is 34.3 Å². The molecule has 5 nitrogen and oxygen atoms in total. The first-order valence-corrected chi connectivity index (χ1v) is 9.51. The minimum absolute atomic E-state index is 0.0301. The van der Waals surface area contributed by atoms with E-state index in [1.54, 1.807) is 6.07 Å². The Kier molecular flexibility index (Phi) is 6.62. The quantitative estimate of drug-likeness (QED) is 0.651. The van der Waals surface area contributed by atoms with Crippen LogP contribution in [0.2, 0.25) is 0 Å². The number of aliphatic imine (C=N–C) groups is 1. The topological polar surface area (TPSA) is 60.7 Å². The Bertz CT molecular complexity index is 890. The van der Waals surface area contributed by atoms with Crippen LogP contribution in [0.1, 0.15) is 35.3 Å². The van der Waals surface area contributed by atoms with Gasteiger partial charge in [-0.1, -0.05) is 24.3 Å². The molecule has 146 valence electrons. The van der Waals surface area contributed by atoms with Crippen molar-refractivity contribution in [2.75, 3.05) is 26.2 Å². The lowest BCUT2D eigenvalue weighted by molar-refractivity contribution is -0.00834. The van der Waals surface area contributed by atoms with Gasteiger partial charge in [0.15, 0.2) is 5.96 Å². The Hall–Kier alpha value is -2.91. The van der Waals surface area contributed by atoms with Gasteiger partial charge in [-0.3, -0.25) is 0 Å². The summed E-state index contributed by atoms with van der Waals surface area (Å²) in [4.78, 5) is 6.77. The molecule has 0 amide bonds. The molecule has 2 aromatic rings. The van der Waals surface area contributed by atoms with Crippen molar-refractivity contribution in [2.24, 2.45) is 4.99 Å². The minimum atomic E-state index is -0.349. The van der Waals surface area contributed by atoms with Crippen LogP contribution in [0.25, 0.3) is 0 Å². The van der Waals surface area contributed by atoms with Gasteiger partial charge in [0.25, 0.3) is 0 Å². The van der Waals surface area contributed by atoms with Crippen molar-refractivity contribution in [1.82, 2.24) is 10.2 Å². The van der Waals surface area contributed by atoms with Crippen LogP contribution in [-0.4, -0.2) is 37.1 Å². The van der Waals surface area contributed by atoms with Gasteiger partial charge in [-0.05, 0) is 43.2 Å². The molecule has 3 rings (SSSR count). The van der Waals surface area contributed by atoms with E-state index in [9.17, 15) is 4.39 Å². The zero-order valence-corrected chi connectivity index (χ0v) is 16.3. The molecule has 0 saturated carbocycles. The molecule has 1 N–H and O–H groups in total. The average molecular weight is 380 g/mol. The summed E-state index contributed by atoms with van der Waals surface area (Å²) in [5, 5.41) is 12.3. The number of morpholine rings is 1. The Labute approximate surface area is 165 Å². The predicted octanol–water partition coefficient (Wildman–Crippen LogP) is 3.54. The van der Waals surface area contributed by atoms with Crippen LogP contribution in [-0.2, 0) is 11.3 Å². The van der Waals surface area contributed by atoms with E-state index in [1.807, 2.05) is 25.1 Å². The fourth-order valence-electron chi connectivity index (χ4n) is 3.33. The number of ether oxygens (including phenoxy) is 1. The lowest BCUT2D eigenvalue weighted by atomic mass is 10.0. The SMILES string of the molecule is CCNC(=NCc1cc(C#N)ccc1F)N1CCOC(c2ccccc2C)C1. The molecule has 1 aliphatic heterocycles. The van der Waals surface area contributed by atoms with E-state index in [4.69, 9.17) is 10.00 Å². The standard InChI is InChI=1S/C22H25FN4O/c1-3-25-22(26-14-18-12-17(13-24)8-9-20(18)23)27-10-11-28-21(15-27)19-7-5-4-6-16(19)2/h4-9,12,21H,3,10-11,14-15H2,1-2H3,(H,25,26). The number of nitriles is 1. The van der Waals surface area contributed by atoms with Crippen LogP contribution in [0.5, 0.6) is 0 Å². The minimum Gasteiger partial charge on any atom is -0.370 e. The number of rotatable bonds is 4. The maximum absolute atomic E-state index is 14.1. The summed E-state index contributed by atoms with van der Waals surface area (Å²) in [5.41, 5.74) is 3.23. The highest BCUT2D eigenvalue weighted by atomic mass is 19.1. The molecule has 1 unspecified atom stereocenters. The molecule has 0 spiro atoms. The fraction of sp³-hybridized carbons (Fsp3) is 0.364. The fourth-order valence-corrected chi connectivity index (χ4v) is 3.33. The smallest absolute Gasteiger partial charge is 0.194 e. The van der Waals surface area contributed by atoms with Gasteiger partial charge in [0.05, 0.1) is 31.3 Å². The first-order valence-electron chi connectivity index (χ1n) is 9.51. The molecule has 1 atom stereocenters. The van der Waals surface area contributed by atoms with E-state index in [1.165, 1.54) is 23.3 Å². The van der Waals surface area contributed by atoms with Crippen LogP contribution in [0.4, 0.5) is 4.39 Å². The van der Waals surface area contributed by atoms with Gasteiger partial charge in [-0.2, -0.15) is 5.26 Å². The molecule has 1 fully saturated rings. The van der Waals surface area contributed by atoms with Crippen molar-refractivity contribution in [1.29, 1.82) is 5.26 Å². The van der Waals surface area contributed by atoms with Gasteiger partial charge in [-0.25, -0.2) is 9.38 Å². The number of nitrogens with zero attached hydrogens (tertiary/aromatic N) is 3. The Morgan fingerprint density at radius 3 is 2.93 bits per heavy atom. The molecule has 28 heavy (non-hydrogen) atoms. The number of hydrogen-bond donors (Lipinski definition) is 1. The molecule has 2 aromatic carbocycles. The number of guanidine groups is 1. The molecule has 0 aliphatic carbocycles. The number of benzene rings is 2. The van der Waals surface area contributed by atoms with E-state index in [0.717, 1.165) is 12.5 Å². The molecule has 0 radical (unpaired) electrons. The Morgan fingerprint density at radius 1 is 1.36 bits per heavy atom. The number of hydrogen-bond acceptors (Lipinski definition) is 3. The molecule has 1 heterocycles. The molecule has 0 bridgehead atoms. The van der Waals surface area contributed by atoms with Crippen molar-refractivity contribution >= 4 is 5.96 Å². The van der Waals surface area contributed by atoms with Gasteiger partial charge >= 0.3 is 0 Å². The number of halogens is 1. The summed E-state index contributed by atoms with van der Waals surface area (Å²) in [6.45, 7) is 6.98. The predicted molar refractivity (Wildman–Crippen MR) is 107 cm³/mol. The maximum Gasteiger partial charge on any atom is 0.194 e. The summed E-state index contributed by atoms with van der Waals surface area (Å²) in [5.74, 6) is 0.379. The monoisotopic (exact) mass is 380 g/mol. The van der Waals surface area contributed by atoms with E-state index >= 15 is 0 Å². The molecule has 6 heteroatoms. The van der Waals surface area contributed by atoms with Crippen LogP contribution in [0.15, 0.2) is 47.5 Å². The Balaban J connectivity index is 1.79.